The molecule has 106 valence electrons. The van der Waals surface area contributed by atoms with E-state index in [0.717, 1.165) is 12.2 Å². The van der Waals surface area contributed by atoms with Crippen LogP contribution in [-0.4, -0.2) is 20.2 Å². The summed E-state index contributed by atoms with van der Waals surface area (Å²) in [5.41, 5.74) is 1.91. The zero-order chi connectivity index (χ0) is 13.7. The van der Waals surface area contributed by atoms with Crippen molar-refractivity contribution in [2.45, 2.75) is 51.5 Å². The number of benzene rings is 1. The molecule has 0 saturated heterocycles. The number of hydrogen-bond acceptors (Lipinski definition) is 2. The summed E-state index contributed by atoms with van der Waals surface area (Å²) >= 11 is 0. The van der Waals surface area contributed by atoms with Crippen LogP contribution in [0.4, 0.5) is 0 Å². The Balaban J connectivity index is 1.91. The first kappa shape index (κ1) is 14.4. The van der Waals surface area contributed by atoms with Crippen molar-refractivity contribution in [2.75, 3.05) is 14.2 Å². The van der Waals surface area contributed by atoms with E-state index in [9.17, 15) is 0 Å². The molecule has 1 unspecified atom stereocenters. The van der Waals surface area contributed by atoms with Gasteiger partial charge in [0.25, 0.3) is 0 Å². The van der Waals surface area contributed by atoms with Crippen LogP contribution in [0.2, 0.25) is 0 Å². The van der Waals surface area contributed by atoms with Gasteiger partial charge >= 0.3 is 0 Å². The van der Waals surface area contributed by atoms with Gasteiger partial charge in [-0.3, -0.25) is 0 Å². The second-order valence-electron chi connectivity index (χ2n) is 6.09. The molecule has 19 heavy (non-hydrogen) atoms. The third kappa shape index (κ3) is 3.50. The van der Waals surface area contributed by atoms with Gasteiger partial charge in [-0.25, -0.2) is 0 Å². The van der Waals surface area contributed by atoms with Gasteiger partial charge in [-0.15, -0.1) is 0 Å². The fourth-order valence-corrected chi connectivity index (χ4v) is 3.48. The van der Waals surface area contributed by atoms with Gasteiger partial charge < -0.3 is 10.1 Å². The lowest BCUT2D eigenvalue weighted by atomic mass is 9.78. The number of methoxy groups -OCH3 is 1. The summed E-state index contributed by atoms with van der Waals surface area (Å²) in [6.45, 7) is 2.45. The molecular weight excluding hydrogens is 234 g/mol. The molecule has 0 bridgehead atoms. The summed E-state index contributed by atoms with van der Waals surface area (Å²) in [6.07, 6.45) is 7.92. The smallest absolute Gasteiger partial charge is 0.118 e. The average Bonchev–Trinajstić information content (AvgIpc) is 2.88. The van der Waals surface area contributed by atoms with E-state index in [4.69, 9.17) is 4.74 Å². The van der Waals surface area contributed by atoms with E-state index in [1.54, 1.807) is 7.11 Å². The Morgan fingerprint density at radius 3 is 2.37 bits per heavy atom. The fraction of sp³-hybridized carbons (Fsp3) is 0.647. The third-order valence-electron chi connectivity index (χ3n) is 4.82. The minimum Gasteiger partial charge on any atom is -0.497 e. The molecule has 1 aromatic carbocycles. The number of ether oxygens (including phenoxy) is 1. The van der Waals surface area contributed by atoms with Crippen molar-refractivity contribution >= 4 is 0 Å². The van der Waals surface area contributed by atoms with Crippen molar-refractivity contribution in [1.29, 1.82) is 0 Å². The van der Waals surface area contributed by atoms with Crippen molar-refractivity contribution in [3.63, 3.8) is 0 Å². The summed E-state index contributed by atoms with van der Waals surface area (Å²) in [5.74, 6) is 0.941. The van der Waals surface area contributed by atoms with Gasteiger partial charge in [0.1, 0.15) is 5.75 Å². The van der Waals surface area contributed by atoms with Crippen LogP contribution in [0.15, 0.2) is 24.3 Å². The van der Waals surface area contributed by atoms with Gasteiger partial charge in [0.2, 0.25) is 0 Å². The van der Waals surface area contributed by atoms with Gasteiger partial charge in [-0.05, 0) is 55.8 Å². The lowest BCUT2D eigenvalue weighted by Crippen LogP contribution is -2.40. The Hall–Kier alpha value is -1.02. The molecule has 2 heteroatoms. The highest BCUT2D eigenvalue weighted by atomic mass is 16.5. The predicted octanol–water partition coefficient (Wildman–Crippen LogP) is 3.80. The maximum atomic E-state index is 5.20. The van der Waals surface area contributed by atoms with Gasteiger partial charge in [0, 0.05) is 6.04 Å². The quantitative estimate of drug-likeness (QED) is 0.841. The van der Waals surface area contributed by atoms with Crippen molar-refractivity contribution in [1.82, 2.24) is 5.32 Å². The number of rotatable bonds is 6. The Morgan fingerprint density at radius 2 is 1.84 bits per heavy atom. The largest absolute Gasteiger partial charge is 0.497 e. The van der Waals surface area contributed by atoms with Crippen molar-refractivity contribution in [3.8, 4) is 5.75 Å². The molecule has 0 heterocycles. The first-order valence-electron chi connectivity index (χ1n) is 7.48. The molecular formula is C17H27NO. The molecule has 1 aromatic rings. The van der Waals surface area contributed by atoms with Crippen LogP contribution < -0.4 is 10.1 Å². The zero-order valence-corrected chi connectivity index (χ0v) is 12.5. The summed E-state index contributed by atoms with van der Waals surface area (Å²) in [5, 5.41) is 3.55. The number of aryl methyl sites for hydroxylation is 1. The summed E-state index contributed by atoms with van der Waals surface area (Å²) in [7, 11) is 3.83. The van der Waals surface area contributed by atoms with Crippen molar-refractivity contribution in [3.05, 3.63) is 29.8 Å². The first-order chi connectivity index (χ1) is 9.18. The topological polar surface area (TPSA) is 21.3 Å². The van der Waals surface area contributed by atoms with Gasteiger partial charge in [-0.2, -0.15) is 0 Å². The molecule has 2 nitrogen and oxygen atoms in total. The van der Waals surface area contributed by atoms with E-state index in [1.807, 2.05) is 0 Å². The second-order valence-corrected chi connectivity index (χ2v) is 6.09. The molecule has 0 amide bonds. The molecule has 0 spiro atoms. The average molecular weight is 261 g/mol. The van der Waals surface area contributed by atoms with Crippen LogP contribution in [0.1, 0.15) is 44.6 Å². The van der Waals surface area contributed by atoms with E-state index >= 15 is 0 Å². The third-order valence-corrected chi connectivity index (χ3v) is 4.82. The molecule has 0 aliphatic heterocycles. The van der Waals surface area contributed by atoms with Crippen LogP contribution >= 0.6 is 0 Å². The number of nitrogens with one attached hydrogen (secondary N) is 1. The SMILES string of the molecule is CNC(CCc1ccc(OC)cc1)C1(C)CCCC1. The zero-order valence-electron chi connectivity index (χ0n) is 12.5. The normalized spacial score (nSPS) is 19.3. The maximum absolute atomic E-state index is 5.20. The summed E-state index contributed by atoms with van der Waals surface area (Å²) < 4.78 is 5.20. The minimum absolute atomic E-state index is 0.501. The van der Waals surface area contributed by atoms with Gasteiger partial charge in [0.15, 0.2) is 0 Å². The molecule has 1 fully saturated rings. The lowest BCUT2D eigenvalue weighted by Gasteiger charge is -2.34. The van der Waals surface area contributed by atoms with Gasteiger partial charge in [0.05, 0.1) is 7.11 Å². The summed E-state index contributed by atoms with van der Waals surface area (Å²) in [6, 6.07) is 9.12. The van der Waals surface area contributed by atoms with E-state index in [2.05, 4.69) is 43.6 Å². The maximum Gasteiger partial charge on any atom is 0.118 e. The Morgan fingerprint density at radius 1 is 1.21 bits per heavy atom. The predicted molar refractivity (Wildman–Crippen MR) is 80.7 cm³/mol. The standard InChI is InChI=1S/C17H27NO/c1-17(12-4-5-13-17)16(18-2)11-8-14-6-9-15(19-3)10-7-14/h6-7,9-10,16,18H,4-5,8,11-13H2,1-3H3. The van der Waals surface area contributed by atoms with Crippen LogP contribution in [0.25, 0.3) is 0 Å². The minimum atomic E-state index is 0.501. The molecule has 1 aliphatic rings. The van der Waals surface area contributed by atoms with Gasteiger partial charge in [-0.1, -0.05) is 31.9 Å². The molecule has 0 radical (unpaired) electrons. The molecule has 1 aliphatic carbocycles. The van der Waals surface area contributed by atoms with Crippen LogP contribution in [-0.2, 0) is 6.42 Å². The van der Waals surface area contributed by atoms with Crippen LogP contribution in [0.3, 0.4) is 0 Å². The monoisotopic (exact) mass is 261 g/mol. The Labute approximate surface area is 117 Å². The highest BCUT2D eigenvalue weighted by Crippen LogP contribution is 2.41. The van der Waals surface area contributed by atoms with Crippen LogP contribution in [0, 0.1) is 5.41 Å². The molecule has 1 atom stereocenters. The highest BCUT2D eigenvalue weighted by Gasteiger charge is 2.35. The Bertz CT molecular complexity index is 379. The molecule has 2 rings (SSSR count). The fourth-order valence-electron chi connectivity index (χ4n) is 3.48. The van der Waals surface area contributed by atoms with Crippen LogP contribution in [0.5, 0.6) is 5.75 Å². The molecule has 1 saturated carbocycles. The van der Waals surface area contributed by atoms with E-state index in [0.29, 0.717) is 11.5 Å². The lowest BCUT2D eigenvalue weighted by molar-refractivity contribution is 0.220. The highest BCUT2D eigenvalue weighted by molar-refractivity contribution is 5.27. The summed E-state index contributed by atoms with van der Waals surface area (Å²) in [4.78, 5) is 0. The molecule has 1 N–H and O–H groups in total. The Kier molecular flexibility index (Phi) is 4.87. The van der Waals surface area contributed by atoms with Crippen molar-refractivity contribution in [2.24, 2.45) is 5.41 Å². The second kappa shape index (κ2) is 6.42. The van der Waals surface area contributed by atoms with E-state index < -0.39 is 0 Å². The molecule has 0 aromatic heterocycles. The first-order valence-corrected chi connectivity index (χ1v) is 7.48. The van der Waals surface area contributed by atoms with E-state index in [1.165, 1.54) is 37.7 Å². The van der Waals surface area contributed by atoms with Crippen molar-refractivity contribution < 1.29 is 4.74 Å². The van der Waals surface area contributed by atoms with E-state index in [-0.39, 0.29) is 0 Å². The number of hydrogen-bond donors (Lipinski definition) is 1.